The van der Waals surface area contributed by atoms with Crippen LogP contribution >= 0.6 is 11.6 Å². The molecule has 0 aromatic carbocycles. The van der Waals surface area contributed by atoms with Crippen LogP contribution in [0.3, 0.4) is 0 Å². The second-order valence-corrected chi connectivity index (χ2v) is 5.74. The van der Waals surface area contributed by atoms with Gasteiger partial charge in [0.05, 0.1) is 30.1 Å². The lowest BCUT2D eigenvalue weighted by molar-refractivity contribution is 0.183. The van der Waals surface area contributed by atoms with Gasteiger partial charge in [-0.15, -0.1) is 0 Å². The van der Waals surface area contributed by atoms with Crippen LogP contribution in [-0.2, 0) is 11.3 Å². The molecule has 0 atom stereocenters. The van der Waals surface area contributed by atoms with Crippen LogP contribution in [0.4, 0.5) is 0 Å². The second kappa shape index (κ2) is 9.16. The number of nitrogens with one attached hydrogen (secondary N) is 1. The Hall–Kier alpha value is -0.840. The summed E-state index contributed by atoms with van der Waals surface area (Å²) in [6.07, 6.45) is 4.89. The van der Waals surface area contributed by atoms with Crippen LogP contribution in [0.25, 0.3) is 5.57 Å². The molecule has 0 saturated heterocycles. The molecule has 0 aliphatic carbocycles. The number of ether oxygens (including phenoxy) is 1. The predicted molar refractivity (Wildman–Crippen MR) is 85.1 cm³/mol. The summed E-state index contributed by atoms with van der Waals surface area (Å²) in [4.78, 5) is 0. The molecular formula is C15H26ClN3O. The fourth-order valence-corrected chi connectivity index (χ4v) is 2.27. The minimum Gasteiger partial charge on any atom is -0.383 e. The minimum atomic E-state index is 0.633. The van der Waals surface area contributed by atoms with Crippen molar-refractivity contribution in [1.29, 1.82) is 0 Å². The van der Waals surface area contributed by atoms with E-state index in [1.807, 2.05) is 4.68 Å². The normalized spacial score (nSPS) is 12.4. The maximum absolute atomic E-state index is 6.22. The number of hydrogen-bond donors (Lipinski definition) is 1. The summed E-state index contributed by atoms with van der Waals surface area (Å²) in [6, 6.07) is 0. The number of methoxy groups -OCH3 is 1. The summed E-state index contributed by atoms with van der Waals surface area (Å²) in [5, 5.41) is 8.42. The van der Waals surface area contributed by atoms with Crippen LogP contribution in [0.2, 0.25) is 5.02 Å². The molecule has 0 bridgehead atoms. The minimum absolute atomic E-state index is 0.633. The highest BCUT2D eigenvalue weighted by molar-refractivity contribution is 6.32. The average Bonchev–Trinajstić information content (AvgIpc) is 2.76. The van der Waals surface area contributed by atoms with Crippen molar-refractivity contribution in [3.8, 4) is 0 Å². The first-order chi connectivity index (χ1) is 9.56. The van der Waals surface area contributed by atoms with Crippen LogP contribution in [0.15, 0.2) is 12.3 Å². The maximum atomic E-state index is 6.22. The van der Waals surface area contributed by atoms with Crippen LogP contribution in [-0.4, -0.2) is 36.6 Å². The van der Waals surface area contributed by atoms with E-state index < -0.39 is 0 Å². The number of allylic oxidation sites excluding steroid dienone is 1. The standard InChI is InChI=1S/C15H26ClN3O/c1-12(2)10-17-7-5-6-13(3)15-14(16)11-18-19(15)8-9-20-4/h6,11-12,17H,5,7-10H2,1-4H3. The molecule has 0 aliphatic heterocycles. The van der Waals surface area contributed by atoms with Gasteiger partial charge < -0.3 is 10.1 Å². The summed E-state index contributed by atoms with van der Waals surface area (Å²) in [5.41, 5.74) is 2.16. The fraction of sp³-hybridized carbons (Fsp3) is 0.667. The topological polar surface area (TPSA) is 39.1 Å². The van der Waals surface area contributed by atoms with Gasteiger partial charge in [0, 0.05) is 7.11 Å². The molecule has 0 unspecified atom stereocenters. The number of aromatic nitrogens is 2. The van der Waals surface area contributed by atoms with Gasteiger partial charge in [0.25, 0.3) is 0 Å². The van der Waals surface area contributed by atoms with Crippen molar-refractivity contribution < 1.29 is 4.74 Å². The zero-order valence-electron chi connectivity index (χ0n) is 12.9. The summed E-state index contributed by atoms with van der Waals surface area (Å²) in [7, 11) is 1.69. The Balaban J connectivity index is 2.56. The zero-order chi connectivity index (χ0) is 15.0. The molecule has 5 heteroatoms. The zero-order valence-corrected chi connectivity index (χ0v) is 13.7. The number of hydrogen-bond acceptors (Lipinski definition) is 3. The van der Waals surface area contributed by atoms with Gasteiger partial charge in [-0.1, -0.05) is 31.5 Å². The van der Waals surface area contributed by atoms with Crippen LogP contribution in [0.5, 0.6) is 0 Å². The Morgan fingerprint density at radius 1 is 1.55 bits per heavy atom. The van der Waals surface area contributed by atoms with Gasteiger partial charge in [-0.05, 0) is 37.9 Å². The van der Waals surface area contributed by atoms with E-state index in [0.29, 0.717) is 17.5 Å². The first kappa shape index (κ1) is 17.2. The molecule has 0 radical (unpaired) electrons. The van der Waals surface area contributed by atoms with Gasteiger partial charge in [-0.25, -0.2) is 0 Å². The van der Waals surface area contributed by atoms with Crippen molar-refractivity contribution in [1.82, 2.24) is 15.1 Å². The molecule has 114 valence electrons. The SMILES string of the molecule is COCCn1ncc(Cl)c1C(C)=CCCNCC(C)C. The lowest BCUT2D eigenvalue weighted by Gasteiger charge is -2.09. The van der Waals surface area contributed by atoms with Gasteiger partial charge >= 0.3 is 0 Å². The van der Waals surface area contributed by atoms with Crippen molar-refractivity contribution in [2.24, 2.45) is 5.92 Å². The lowest BCUT2D eigenvalue weighted by atomic mass is 10.1. The van der Waals surface area contributed by atoms with Crippen molar-refractivity contribution >= 4 is 17.2 Å². The van der Waals surface area contributed by atoms with Crippen molar-refractivity contribution in [2.45, 2.75) is 33.7 Å². The third-order valence-electron chi connectivity index (χ3n) is 3.00. The molecule has 1 heterocycles. The summed E-state index contributed by atoms with van der Waals surface area (Å²) < 4.78 is 6.99. The molecule has 0 amide bonds. The molecule has 0 fully saturated rings. The first-order valence-corrected chi connectivity index (χ1v) is 7.52. The third kappa shape index (κ3) is 5.65. The Bertz CT molecular complexity index is 427. The highest BCUT2D eigenvalue weighted by Crippen LogP contribution is 2.23. The van der Waals surface area contributed by atoms with E-state index in [4.69, 9.17) is 16.3 Å². The maximum Gasteiger partial charge on any atom is 0.0862 e. The highest BCUT2D eigenvalue weighted by atomic mass is 35.5. The molecule has 1 aromatic heterocycles. The van der Waals surface area contributed by atoms with Gasteiger partial charge in [0.2, 0.25) is 0 Å². The number of halogens is 1. The van der Waals surface area contributed by atoms with E-state index in [1.54, 1.807) is 13.3 Å². The van der Waals surface area contributed by atoms with Crippen LogP contribution < -0.4 is 5.32 Å². The quantitative estimate of drug-likeness (QED) is 0.712. The van der Waals surface area contributed by atoms with E-state index >= 15 is 0 Å². The van der Waals surface area contributed by atoms with E-state index in [-0.39, 0.29) is 0 Å². The lowest BCUT2D eigenvalue weighted by Crippen LogP contribution is -2.20. The summed E-state index contributed by atoms with van der Waals surface area (Å²) in [6.45, 7) is 9.89. The van der Waals surface area contributed by atoms with Gasteiger partial charge in [0.1, 0.15) is 0 Å². The molecule has 0 saturated carbocycles. The van der Waals surface area contributed by atoms with E-state index in [0.717, 1.165) is 37.3 Å². The van der Waals surface area contributed by atoms with Crippen molar-refractivity contribution in [2.75, 3.05) is 26.8 Å². The van der Waals surface area contributed by atoms with Gasteiger partial charge in [-0.3, -0.25) is 4.68 Å². The molecule has 0 spiro atoms. The van der Waals surface area contributed by atoms with Gasteiger partial charge in [0.15, 0.2) is 0 Å². The van der Waals surface area contributed by atoms with Crippen molar-refractivity contribution in [3.05, 3.63) is 23.0 Å². The Morgan fingerprint density at radius 2 is 2.30 bits per heavy atom. The molecule has 1 rings (SSSR count). The third-order valence-corrected chi connectivity index (χ3v) is 3.28. The van der Waals surface area contributed by atoms with E-state index in [1.165, 1.54) is 0 Å². The smallest absolute Gasteiger partial charge is 0.0862 e. The molecule has 4 nitrogen and oxygen atoms in total. The fourth-order valence-electron chi connectivity index (χ4n) is 1.98. The Kier molecular flexibility index (Phi) is 7.88. The molecular weight excluding hydrogens is 274 g/mol. The number of nitrogens with zero attached hydrogens (tertiary/aromatic N) is 2. The van der Waals surface area contributed by atoms with E-state index in [2.05, 4.69) is 37.3 Å². The van der Waals surface area contributed by atoms with Crippen LogP contribution in [0, 0.1) is 5.92 Å². The average molecular weight is 300 g/mol. The Morgan fingerprint density at radius 3 is 2.95 bits per heavy atom. The molecule has 0 aliphatic rings. The summed E-state index contributed by atoms with van der Waals surface area (Å²) in [5.74, 6) is 0.685. The second-order valence-electron chi connectivity index (χ2n) is 5.33. The number of rotatable bonds is 9. The largest absolute Gasteiger partial charge is 0.383 e. The van der Waals surface area contributed by atoms with Gasteiger partial charge in [-0.2, -0.15) is 5.10 Å². The highest BCUT2D eigenvalue weighted by Gasteiger charge is 2.10. The van der Waals surface area contributed by atoms with Crippen molar-refractivity contribution in [3.63, 3.8) is 0 Å². The monoisotopic (exact) mass is 299 g/mol. The van der Waals surface area contributed by atoms with Crippen LogP contribution in [0.1, 0.15) is 32.9 Å². The Labute approximate surface area is 127 Å². The predicted octanol–water partition coefficient (Wildman–Crippen LogP) is 3.22. The van der Waals surface area contributed by atoms with E-state index in [9.17, 15) is 0 Å². The molecule has 1 N–H and O–H groups in total. The first-order valence-electron chi connectivity index (χ1n) is 7.14. The summed E-state index contributed by atoms with van der Waals surface area (Å²) >= 11 is 6.22. The molecule has 20 heavy (non-hydrogen) atoms. The molecule has 1 aromatic rings.